The molecule has 2 aromatic carbocycles. The molecule has 22 heavy (non-hydrogen) atoms. The van der Waals surface area contributed by atoms with Gasteiger partial charge in [-0.25, -0.2) is 8.42 Å². The van der Waals surface area contributed by atoms with Crippen molar-refractivity contribution in [3.05, 3.63) is 57.6 Å². The lowest BCUT2D eigenvalue weighted by Gasteiger charge is -2.09. The second-order valence-corrected chi connectivity index (χ2v) is 6.39. The van der Waals surface area contributed by atoms with Gasteiger partial charge in [-0.1, -0.05) is 11.6 Å². The zero-order valence-electron chi connectivity index (χ0n) is 11.4. The van der Waals surface area contributed by atoms with E-state index in [0.29, 0.717) is 0 Å². The molecule has 0 unspecified atom stereocenters. The number of hydrogen-bond acceptors (Lipinski definition) is 5. The van der Waals surface area contributed by atoms with Gasteiger partial charge < -0.3 is 5.32 Å². The van der Waals surface area contributed by atoms with E-state index < -0.39 is 14.9 Å². The van der Waals surface area contributed by atoms with Crippen LogP contribution in [0.5, 0.6) is 0 Å². The Hall–Kier alpha value is -2.32. The maximum absolute atomic E-state index is 12.2. The van der Waals surface area contributed by atoms with Crippen LogP contribution in [0.2, 0.25) is 5.02 Å². The van der Waals surface area contributed by atoms with Gasteiger partial charge >= 0.3 is 0 Å². The number of hydrogen-bond donors (Lipinski definition) is 2. The molecule has 2 aromatic rings. The average molecular weight is 342 g/mol. The van der Waals surface area contributed by atoms with Gasteiger partial charge in [0.25, 0.3) is 15.7 Å². The van der Waals surface area contributed by atoms with E-state index in [-0.39, 0.29) is 21.3 Å². The van der Waals surface area contributed by atoms with Crippen LogP contribution in [0.3, 0.4) is 0 Å². The Bertz CT molecular complexity index is 807. The number of halogens is 1. The van der Waals surface area contributed by atoms with Crippen molar-refractivity contribution in [2.24, 2.45) is 0 Å². The molecule has 0 amide bonds. The van der Waals surface area contributed by atoms with Crippen molar-refractivity contribution in [3.63, 3.8) is 0 Å². The number of nitro benzene ring substituents is 1. The molecule has 0 spiro atoms. The molecule has 2 rings (SSSR count). The van der Waals surface area contributed by atoms with Gasteiger partial charge in [-0.2, -0.15) is 0 Å². The first-order chi connectivity index (χ1) is 10.3. The van der Waals surface area contributed by atoms with E-state index in [0.717, 1.165) is 11.8 Å². The van der Waals surface area contributed by atoms with Crippen LogP contribution in [0.15, 0.2) is 47.4 Å². The molecular weight excluding hydrogens is 330 g/mol. The van der Waals surface area contributed by atoms with Crippen LogP contribution in [0.4, 0.5) is 17.1 Å². The van der Waals surface area contributed by atoms with Crippen LogP contribution in [-0.2, 0) is 10.0 Å². The Morgan fingerprint density at radius 2 is 1.68 bits per heavy atom. The van der Waals surface area contributed by atoms with Crippen molar-refractivity contribution in [1.29, 1.82) is 0 Å². The maximum atomic E-state index is 12.2. The summed E-state index contributed by atoms with van der Waals surface area (Å²) in [5.41, 5.74) is 0.633. The van der Waals surface area contributed by atoms with E-state index in [9.17, 15) is 18.5 Å². The predicted octanol–water partition coefficient (Wildman–Crippen LogP) is 3.09. The third-order valence-electron chi connectivity index (χ3n) is 2.85. The topological polar surface area (TPSA) is 101 Å². The fourth-order valence-corrected chi connectivity index (χ4v) is 3.03. The monoisotopic (exact) mass is 341 g/mol. The highest BCUT2D eigenvalue weighted by Crippen LogP contribution is 2.28. The van der Waals surface area contributed by atoms with Crippen molar-refractivity contribution in [3.8, 4) is 0 Å². The number of nitrogens with zero attached hydrogens (tertiary/aromatic N) is 1. The first-order valence-corrected chi connectivity index (χ1v) is 7.94. The Kier molecular flexibility index (Phi) is 4.53. The molecule has 0 aliphatic carbocycles. The first kappa shape index (κ1) is 16.1. The third-order valence-corrected chi connectivity index (χ3v) is 4.55. The normalized spacial score (nSPS) is 11.0. The molecule has 0 aliphatic rings. The number of nitro groups is 1. The van der Waals surface area contributed by atoms with Gasteiger partial charge in [-0.3, -0.25) is 14.8 Å². The summed E-state index contributed by atoms with van der Waals surface area (Å²) in [7, 11) is -2.07. The summed E-state index contributed by atoms with van der Waals surface area (Å²) in [5.74, 6) is 0. The molecular formula is C13H12ClN3O4S. The average Bonchev–Trinajstić information content (AvgIpc) is 2.46. The van der Waals surface area contributed by atoms with Gasteiger partial charge in [0.2, 0.25) is 0 Å². The van der Waals surface area contributed by atoms with E-state index in [2.05, 4.69) is 10.0 Å². The standard InChI is InChI=1S/C13H12ClN3O4S/c1-15-9-2-5-11(6-3-9)22(20,21)16-10-4-7-13(17(18)19)12(14)8-10/h2-8,15-16H,1H3. The summed E-state index contributed by atoms with van der Waals surface area (Å²) in [6, 6.07) is 9.75. The van der Waals surface area contributed by atoms with Crippen LogP contribution in [-0.4, -0.2) is 20.4 Å². The fourth-order valence-electron chi connectivity index (χ4n) is 1.73. The molecule has 0 heterocycles. The third kappa shape index (κ3) is 3.46. The predicted molar refractivity (Wildman–Crippen MR) is 84.9 cm³/mol. The molecule has 0 atom stereocenters. The molecule has 0 saturated heterocycles. The minimum absolute atomic E-state index is 0.0703. The molecule has 2 N–H and O–H groups in total. The number of benzene rings is 2. The zero-order valence-corrected chi connectivity index (χ0v) is 13.0. The second-order valence-electron chi connectivity index (χ2n) is 4.30. The van der Waals surface area contributed by atoms with Crippen LogP contribution in [0, 0.1) is 10.1 Å². The van der Waals surface area contributed by atoms with Gasteiger partial charge in [0.05, 0.1) is 15.5 Å². The molecule has 0 aromatic heterocycles. The minimum atomic E-state index is -3.79. The highest BCUT2D eigenvalue weighted by atomic mass is 35.5. The highest BCUT2D eigenvalue weighted by molar-refractivity contribution is 7.92. The summed E-state index contributed by atoms with van der Waals surface area (Å²) in [6.07, 6.45) is 0. The highest BCUT2D eigenvalue weighted by Gasteiger charge is 2.17. The second kappa shape index (κ2) is 6.20. The van der Waals surface area contributed by atoms with E-state index in [1.807, 2.05) is 0 Å². The summed E-state index contributed by atoms with van der Waals surface area (Å²) < 4.78 is 26.8. The van der Waals surface area contributed by atoms with Gasteiger partial charge in [0, 0.05) is 18.8 Å². The van der Waals surface area contributed by atoms with E-state index in [1.54, 1.807) is 19.2 Å². The number of anilines is 2. The fraction of sp³-hybridized carbons (Fsp3) is 0.0769. The van der Waals surface area contributed by atoms with Gasteiger partial charge in [-0.05, 0) is 36.4 Å². The Morgan fingerprint density at radius 3 is 2.18 bits per heavy atom. The van der Waals surface area contributed by atoms with Crippen molar-refractivity contribution in [2.45, 2.75) is 4.90 Å². The molecule has 0 saturated carbocycles. The van der Waals surface area contributed by atoms with Crippen LogP contribution in [0.25, 0.3) is 0 Å². The van der Waals surface area contributed by atoms with E-state index >= 15 is 0 Å². The largest absolute Gasteiger partial charge is 0.388 e. The van der Waals surface area contributed by atoms with Crippen molar-refractivity contribution < 1.29 is 13.3 Å². The lowest BCUT2D eigenvalue weighted by molar-refractivity contribution is -0.384. The number of sulfonamides is 1. The van der Waals surface area contributed by atoms with Crippen molar-refractivity contribution in [1.82, 2.24) is 0 Å². The Morgan fingerprint density at radius 1 is 1.09 bits per heavy atom. The molecule has 7 nitrogen and oxygen atoms in total. The van der Waals surface area contributed by atoms with Crippen LogP contribution < -0.4 is 10.0 Å². The quantitative estimate of drug-likeness (QED) is 0.642. The van der Waals surface area contributed by atoms with Crippen LogP contribution in [0.1, 0.15) is 0 Å². The smallest absolute Gasteiger partial charge is 0.288 e. The van der Waals surface area contributed by atoms with Crippen molar-refractivity contribution in [2.75, 3.05) is 17.1 Å². The lowest BCUT2D eigenvalue weighted by atomic mass is 10.3. The number of rotatable bonds is 5. The molecule has 0 bridgehead atoms. The lowest BCUT2D eigenvalue weighted by Crippen LogP contribution is -2.13. The first-order valence-electron chi connectivity index (χ1n) is 6.08. The number of nitrogens with one attached hydrogen (secondary N) is 2. The Balaban J connectivity index is 2.28. The zero-order chi connectivity index (χ0) is 16.3. The maximum Gasteiger partial charge on any atom is 0.288 e. The summed E-state index contributed by atoms with van der Waals surface area (Å²) in [6.45, 7) is 0. The van der Waals surface area contributed by atoms with Crippen molar-refractivity contribution >= 4 is 38.7 Å². The van der Waals surface area contributed by atoms with E-state index in [1.165, 1.54) is 24.3 Å². The molecule has 0 fully saturated rings. The summed E-state index contributed by atoms with van der Waals surface area (Å²) in [4.78, 5) is 10.1. The van der Waals surface area contributed by atoms with E-state index in [4.69, 9.17) is 11.6 Å². The Labute approximate surface area is 132 Å². The molecule has 116 valence electrons. The molecule has 9 heteroatoms. The minimum Gasteiger partial charge on any atom is -0.388 e. The SMILES string of the molecule is CNc1ccc(S(=O)(=O)Nc2ccc([N+](=O)[O-])c(Cl)c2)cc1. The molecule has 0 radical (unpaired) electrons. The van der Waals surface area contributed by atoms with Crippen LogP contribution >= 0.6 is 11.6 Å². The van der Waals surface area contributed by atoms with Gasteiger partial charge in [0.1, 0.15) is 5.02 Å². The van der Waals surface area contributed by atoms with Gasteiger partial charge in [-0.15, -0.1) is 0 Å². The summed E-state index contributed by atoms with van der Waals surface area (Å²) in [5, 5.41) is 13.4. The summed E-state index contributed by atoms with van der Waals surface area (Å²) >= 11 is 5.75. The van der Waals surface area contributed by atoms with Gasteiger partial charge in [0.15, 0.2) is 0 Å². The molecule has 0 aliphatic heterocycles.